The molecule has 1 aliphatic heterocycles. The summed E-state index contributed by atoms with van der Waals surface area (Å²) in [6.07, 6.45) is 4.83. The monoisotopic (exact) mass is 471 g/mol. The summed E-state index contributed by atoms with van der Waals surface area (Å²) in [5.74, 6) is 0.602. The van der Waals surface area contributed by atoms with Crippen molar-refractivity contribution >= 4 is 57.2 Å². The highest BCUT2D eigenvalue weighted by Gasteiger charge is 2.28. The third kappa shape index (κ3) is 4.36. The molecule has 0 bridgehead atoms. The van der Waals surface area contributed by atoms with Crippen LogP contribution in [0.25, 0.3) is 10.2 Å². The van der Waals surface area contributed by atoms with Gasteiger partial charge in [-0.3, -0.25) is 9.56 Å². The van der Waals surface area contributed by atoms with Crippen LogP contribution in [0.4, 0.5) is 16.5 Å². The first-order chi connectivity index (χ1) is 15.5. The lowest BCUT2D eigenvalue weighted by Crippen LogP contribution is -2.12. The normalized spacial score (nSPS) is 14.7. The third-order valence-electron chi connectivity index (χ3n) is 5.08. The molecule has 4 rings (SSSR count). The molecule has 0 spiro atoms. The first kappa shape index (κ1) is 22.7. The third-order valence-corrected chi connectivity index (χ3v) is 8.12. The van der Waals surface area contributed by atoms with Gasteiger partial charge in [0.1, 0.15) is 11.3 Å². The first-order valence-electron chi connectivity index (χ1n) is 10.5. The van der Waals surface area contributed by atoms with Crippen molar-refractivity contribution in [2.24, 2.45) is 4.99 Å². The highest BCUT2D eigenvalue weighted by molar-refractivity contribution is 7.62. The van der Waals surface area contributed by atoms with Crippen LogP contribution in [0.15, 0.2) is 47.0 Å². The summed E-state index contributed by atoms with van der Waals surface area (Å²) in [6, 6.07) is 9.39. The number of hydrogen-bond acceptors (Lipinski definition) is 8. The van der Waals surface area contributed by atoms with Gasteiger partial charge in [0, 0.05) is 12.6 Å². The minimum atomic E-state index is -3.42. The van der Waals surface area contributed by atoms with Gasteiger partial charge in [-0.2, -0.15) is 0 Å². The zero-order valence-corrected chi connectivity index (χ0v) is 20.3. The smallest absolute Gasteiger partial charge is 0.361 e. The standard InChI is InChI=1S/C23H26N3O4PS/c1-5-15-12-16-8-11-20-22(21(16)24-14-15)26-23(32-20)25-18-13-17(9-10-19(18)28-4)31(27,29-6-2)30-7-3/h5,8-11,13-14H,6-7,12H2,1-4H3,(H,25,26). The van der Waals surface area contributed by atoms with Crippen molar-refractivity contribution in [3.63, 3.8) is 0 Å². The van der Waals surface area contributed by atoms with E-state index in [-0.39, 0.29) is 13.2 Å². The van der Waals surface area contributed by atoms with Gasteiger partial charge in [-0.05, 0) is 56.2 Å². The van der Waals surface area contributed by atoms with E-state index < -0.39 is 7.60 Å². The molecule has 2 heterocycles. The molecule has 0 saturated heterocycles. The van der Waals surface area contributed by atoms with Gasteiger partial charge in [0.15, 0.2) is 5.13 Å². The maximum Gasteiger partial charge on any atom is 0.361 e. The van der Waals surface area contributed by atoms with Gasteiger partial charge in [-0.1, -0.05) is 23.5 Å². The zero-order valence-electron chi connectivity index (χ0n) is 18.5. The predicted octanol–water partition coefficient (Wildman–Crippen LogP) is 6.14. The number of aromatic nitrogens is 1. The van der Waals surface area contributed by atoms with E-state index in [2.05, 4.69) is 28.5 Å². The molecule has 0 atom stereocenters. The molecule has 32 heavy (non-hydrogen) atoms. The lowest BCUT2D eigenvalue weighted by molar-refractivity contribution is 0.230. The number of thiazole rings is 1. The van der Waals surface area contributed by atoms with Crippen LogP contribution in [0.5, 0.6) is 5.75 Å². The van der Waals surface area contributed by atoms with Gasteiger partial charge >= 0.3 is 7.60 Å². The van der Waals surface area contributed by atoms with Crippen LogP contribution in [0.3, 0.4) is 0 Å². The molecule has 0 saturated carbocycles. The van der Waals surface area contributed by atoms with Crippen molar-refractivity contribution in [3.8, 4) is 5.75 Å². The second-order valence-electron chi connectivity index (χ2n) is 7.08. The fourth-order valence-corrected chi connectivity index (χ4v) is 6.04. The minimum Gasteiger partial charge on any atom is -0.495 e. The Morgan fingerprint density at radius 3 is 2.66 bits per heavy atom. The number of nitrogens with zero attached hydrogens (tertiary/aromatic N) is 2. The fourth-order valence-electron chi connectivity index (χ4n) is 3.56. The van der Waals surface area contributed by atoms with Crippen molar-refractivity contribution in [1.29, 1.82) is 0 Å². The molecule has 168 valence electrons. The zero-order chi connectivity index (χ0) is 22.7. The molecule has 9 heteroatoms. The van der Waals surface area contributed by atoms with E-state index in [4.69, 9.17) is 18.8 Å². The van der Waals surface area contributed by atoms with Crippen LogP contribution >= 0.6 is 18.9 Å². The van der Waals surface area contributed by atoms with E-state index >= 15 is 0 Å². The number of methoxy groups -OCH3 is 1. The Bertz CT molecular complexity index is 1240. The Hall–Kier alpha value is -2.51. The van der Waals surface area contributed by atoms with E-state index in [9.17, 15) is 4.57 Å². The average Bonchev–Trinajstić information content (AvgIpc) is 3.22. The molecule has 0 fully saturated rings. The molecular weight excluding hydrogens is 445 g/mol. The molecule has 0 aliphatic carbocycles. The van der Waals surface area contributed by atoms with Crippen LogP contribution in [0.1, 0.15) is 26.3 Å². The predicted molar refractivity (Wildman–Crippen MR) is 132 cm³/mol. The number of hydrogen-bond donors (Lipinski definition) is 1. The quantitative estimate of drug-likeness (QED) is 0.397. The number of benzene rings is 2. The van der Waals surface area contributed by atoms with Gasteiger partial charge in [0.25, 0.3) is 0 Å². The van der Waals surface area contributed by atoms with Crippen molar-refractivity contribution < 1.29 is 18.3 Å². The lowest BCUT2D eigenvalue weighted by atomic mass is 10.0. The summed E-state index contributed by atoms with van der Waals surface area (Å²) < 4.78 is 30.8. The number of anilines is 2. The Labute approximate surface area is 191 Å². The molecule has 0 unspecified atom stereocenters. The Kier molecular flexibility index (Phi) is 6.76. The van der Waals surface area contributed by atoms with Crippen LogP contribution in [0.2, 0.25) is 0 Å². The summed E-state index contributed by atoms with van der Waals surface area (Å²) in [7, 11) is -1.83. The summed E-state index contributed by atoms with van der Waals surface area (Å²) >= 11 is 1.53. The summed E-state index contributed by atoms with van der Waals surface area (Å²) in [5.41, 5.74) is 4.78. The molecular formula is C23H26N3O4PS. The Balaban J connectivity index is 1.71. The van der Waals surface area contributed by atoms with Gasteiger partial charge in [-0.15, -0.1) is 0 Å². The summed E-state index contributed by atoms with van der Waals surface area (Å²) in [5, 5.41) is 4.48. The van der Waals surface area contributed by atoms with E-state index in [0.717, 1.165) is 22.3 Å². The SMILES string of the molecule is CC=C1C=Nc2c(ccc3sc(Nc4cc(P(=O)(OCC)OCC)ccc4OC)nc23)C1. The van der Waals surface area contributed by atoms with E-state index in [1.54, 1.807) is 39.2 Å². The largest absolute Gasteiger partial charge is 0.495 e. The maximum absolute atomic E-state index is 13.2. The number of fused-ring (bicyclic) bond motifs is 3. The number of rotatable bonds is 8. The van der Waals surface area contributed by atoms with Crippen molar-refractivity contribution in [3.05, 3.63) is 47.5 Å². The van der Waals surface area contributed by atoms with Gasteiger partial charge < -0.3 is 19.1 Å². The molecule has 0 radical (unpaired) electrons. The molecule has 1 aromatic heterocycles. The Morgan fingerprint density at radius 2 is 1.97 bits per heavy atom. The van der Waals surface area contributed by atoms with Crippen LogP contribution in [0, 0.1) is 0 Å². The second-order valence-corrected chi connectivity index (χ2v) is 10.1. The van der Waals surface area contributed by atoms with Crippen LogP contribution in [-0.4, -0.2) is 31.5 Å². The van der Waals surface area contributed by atoms with Gasteiger partial charge in [0.05, 0.1) is 41.7 Å². The highest BCUT2D eigenvalue weighted by Crippen LogP contribution is 2.48. The molecule has 0 amide bonds. The minimum absolute atomic E-state index is 0.282. The molecule has 7 nitrogen and oxygen atoms in total. The van der Waals surface area contributed by atoms with Crippen molar-refractivity contribution in [2.45, 2.75) is 27.2 Å². The molecule has 1 aliphatic rings. The van der Waals surface area contributed by atoms with Crippen molar-refractivity contribution in [1.82, 2.24) is 4.98 Å². The van der Waals surface area contributed by atoms with Crippen LogP contribution in [-0.2, 0) is 20.0 Å². The summed E-state index contributed by atoms with van der Waals surface area (Å²) in [4.78, 5) is 9.44. The Morgan fingerprint density at radius 1 is 1.19 bits per heavy atom. The topological polar surface area (TPSA) is 82.0 Å². The number of allylic oxidation sites excluding steroid dienone is 2. The number of ether oxygens (including phenoxy) is 1. The second kappa shape index (κ2) is 9.55. The van der Waals surface area contributed by atoms with E-state index in [1.807, 2.05) is 13.1 Å². The van der Waals surface area contributed by atoms with Crippen LogP contribution < -0.4 is 15.4 Å². The van der Waals surface area contributed by atoms with Gasteiger partial charge in [0.2, 0.25) is 0 Å². The number of nitrogens with one attached hydrogen (secondary N) is 1. The maximum atomic E-state index is 13.2. The van der Waals surface area contributed by atoms with Crippen molar-refractivity contribution in [2.75, 3.05) is 25.6 Å². The highest BCUT2D eigenvalue weighted by atomic mass is 32.1. The van der Waals surface area contributed by atoms with E-state index in [0.29, 0.717) is 21.9 Å². The fraction of sp³-hybridized carbons (Fsp3) is 0.304. The molecule has 3 aromatic rings. The molecule has 1 N–H and O–H groups in total. The molecule has 2 aromatic carbocycles. The van der Waals surface area contributed by atoms with Gasteiger partial charge in [-0.25, -0.2) is 4.98 Å². The number of aliphatic imine (C=N–C) groups is 1. The van der Waals surface area contributed by atoms with E-state index in [1.165, 1.54) is 22.5 Å². The average molecular weight is 472 g/mol. The first-order valence-corrected chi connectivity index (χ1v) is 12.8. The lowest BCUT2D eigenvalue weighted by Gasteiger charge is -2.19. The summed E-state index contributed by atoms with van der Waals surface area (Å²) in [6.45, 7) is 6.16.